The van der Waals surface area contributed by atoms with Gasteiger partial charge in [-0.25, -0.2) is 4.98 Å². The fourth-order valence-corrected chi connectivity index (χ4v) is 1.62. The van der Waals surface area contributed by atoms with Gasteiger partial charge in [0.25, 0.3) is 0 Å². The smallest absolute Gasteiger partial charge is 0.183 e. The molecule has 0 radical (unpaired) electrons. The van der Waals surface area contributed by atoms with Gasteiger partial charge in [0.15, 0.2) is 5.16 Å². The molecule has 0 spiro atoms. The number of H-pyrrole nitrogens is 1. The molecule has 0 aliphatic rings. The van der Waals surface area contributed by atoms with Crippen molar-refractivity contribution in [2.24, 2.45) is 0 Å². The van der Waals surface area contributed by atoms with Crippen LogP contribution in [-0.2, 0) is 0 Å². The van der Waals surface area contributed by atoms with Gasteiger partial charge in [0.1, 0.15) is 6.33 Å². The molecular weight excluding hydrogens is 172 g/mol. The summed E-state index contributed by atoms with van der Waals surface area (Å²) in [6, 6.07) is 0. The van der Waals surface area contributed by atoms with Crippen molar-refractivity contribution in [3.63, 3.8) is 0 Å². The van der Waals surface area contributed by atoms with Crippen LogP contribution in [0.2, 0.25) is 0 Å². The van der Waals surface area contributed by atoms with Crippen LogP contribution in [0.15, 0.2) is 11.5 Å². The Morgan fingerprint density at radius 2 is 2.50 bits per heavy atom. The standard InChI is InChI=1S/C7H14N4S/c1-8-4-2-3-5-12-7-9-6-10-11-7/h6,8H,2-5H2,1H3,(H,9,10,11). The average Bonchev–Trinajstić information content (AvgIpc) is 2.57. The lowest BCUT2D eigenvalue weighted by Crippen LogP contribution is -2.07. The molecule has 2 N–H and O–H groups in total. The van der Waals surface area contributed by atoms with Gasteiger partial charge in [0.05, 0.1) is 0 Å². The number of thioether (sulfide) groups is 1. The van der Waals surface area contributed by atoms with Crippen LogP contribution < -0.4 is 5.32 Å². The maximum Gasteiger partial charge on any atom is 0.183 e. The minimum Gasteiger partial charge on any atom is -0.320 e. The van der Waals surface area contributed by atoms with E-state index in [0.717, 1.165) is 17.5 Å². The maximum absolute atomic E-state index is 4.01. The highest BCUT2D eigenvalue weighted by atomic mass is 32.2. The molecule has 0 unspecified atom stereocenters. The van der Waals surface area contributed by atoms with Crippen LogP contribution >= 0.6 is 11.8 Å². The fraction of sp³-hybridized carbons (Fsp3) is 0.714. The number of aromatic nitrogens is 3. The zero-order valence-electron chi connectivity index (χ0n) is 7.21. The highest BCUT2D eigenvalue weighted by molar-refractivity contribution is 7.99. The predicted octanol–water partition coefficient (Wildman–Crippen LogP) is 0.896. The summed E-state index contributed by atoms with van der Waals surface area (Å²) in [6.07, 6.45) is 3.97. The normalized spacial score (nSPS) is 10.4. The molecular formula is C7H14N4S. The van der Waals surface area contributed by atoms with Gasteiger partial charge in [-0.05, 0) is 26.4 Å². The first-order chi connectivity index (χ1) is 5.93. The van der Waals surface area contributed by atoms with Gasteiger partial charge in [-0.3, -0.25) is 5.10 Å². The number of hydrogen-bond donors (Lipinski definition) is 2. The molecule has 1 aromatic rings. The monoisotopic (exact) mass is 186 g/mol. The second-order valence-electron chi connectivity index (χ2n) is 2.45. The second kappa shape index (κ2) is 6.02. The van der Waals surface area contributed by atoms with Gasteiger partial charge < -0.3 is 5.32 Å². The van der Waals surface area contributed by atoms with Crippen molar-refractivity contribution in [2.45, 2.75) is 18.0 Å². The number of nitrogens with one attached hydrogen (secondary N) is 2. The molecule has 0 aliphatic carbocycles. The second-order valence-corrected chi connectivity index (χ2v) is 3.53. The molecule has 0 fully saturated rings. The minimum absolute atomic E-state index is 0.916. The van der Waals surface area contributed by atoms with Crippen LogP contribution in [0, 0.1) is 0 Å². The van der Waals surface area contributed by atoms with E-state index in [1.165, 1.54) is 19.2 Å². The number of rotatable bonds is 6. The largest absolute Gasteiger partial charge is 0.320 e. The van der Waals surface area contributed by atoms with Crippen molar-refractivity contribution >= 4 is 11.8 Å². The van der Waals surface area contributed by atoms with E-state index in [1.54, 1.807) is 11.8 Å². The Morgan fingerprint density at radius 3 is 3.17 bits per heavy atom. The van der Waals surface area contributed by atoms with E-state index in [9.17, 15) is 0 Å². The highest BCUT2D eigenvalue weighted by Crippen LogP contribution is 2.12. The van der Waals surface area contributed by atoms with Crippen molar-refractivity contribution in [2.75, 3.05) is 19.3 Å². The maximum atomic E-state index is 4.01. The van der Waals surface area contributed by atoms with Crippen LogP contribution in [0.1, 0.15) is 12.8 Å². The topological polar surface area (TPSA) is 53.6 Å². The first-order valence-electron chi connectivity index (χ1n) is 4.06. The van der Waals surface area contributed by atoms with E-state index >= 15 is 0 Å². The number of aromatic amines is 1. The molecule has 0 amide bonds. The van der Waals surface area contributed by atoms with Gasteiger partial charge >= 0.3 is 0 Å². The molecule has 5 heteroatoms. The Labute approximate surface area is 76.5 Å². The first kappa shape index (κ1) is 9.54. The molecule has 0 atom stereocenters. The molecule has 0 saturated carbocycles. The van der Waals surface area contributed by atoms with Gasteiger partial charge in [-0.1, -0.05) is 11.8 Å². The summed E-state index contributed by atoms with van der Waals surface area (Å²) in [4.78, 5) is 4.01. The third kappa shape index (κ3) is 3.73. The summed E-state index contributed by atoms with van der Waals surface area (Å²) in [5.74, 6) is 1.11. The third-order valence-electron chi connectivity index (χ3n) is 1.45. The van der Waals surface area contributed by atoms with Gasteiger partial charge in [-0.15, -0.1) is 0 Å². The first-order valence-corrected chi connectivity index (χ1v) is 5.05. The van der Waals surface area contributed by atoms with Gasteiger partial charge in [-0.2, -0.15) is 5.10 Å². The van der Waals surface area contributed by atoms with E-state index in [2.05, 4.69) is 20.5 Å². The van der Waals surface area contributed by atoms with Crippen LogP contribution in [0.25, 0.3) is 0 Å². The summed E-state index contributed by atoms with van der Waals surface area (Å²) >= 11 is 1.72. The van der Waals surface area contributed by atoms with Crippen LogP contribution in [-0.4, -0.2) is 34.5 Å². The minimum atomic E-state index is 0.916. The zero-order valence-corrected chi connectivity index (χ0v) is 8.02. The molecule has 4 nitrogen and oxygen atoms in total. The Hall–Kier alpha value is -0.550. The van der Waals surface area contributed by atoms with Crippen molar-refractivity contribution in [3.8, 4) is 0 Å². The Morgan fingerprint density at radius 1 is 1.58 bits per heavy atom. The summed E-state index contributed by atoms with van der Waals surface area (Å²) in [5, 5.41) is 10.6. The fourth-order valence-electron chi connectivity index (χ4n) is 0.836. The summed E-state index contributed by atoms with van der Waals surface area (Å²) in [7, 11) is 1.98. The van der Waals surface area contributed by atoms with Gasteiger partial charge in [0.2, 0.25) is 0 Å². The van der Waals surface area contributed by atoms with Crippen molar-refractivity contribution in [1.29, 1.82) is 0 Å². The summed E-state index contributed by atoms with van der Waals surface area (Å²) < 4.78 is 0. The molecule has 1 rings (SSSR count). The summed E-state index contributed by atoms with van der Waals surface area (Å²) in [5.41, 5.74) is 0. The van der Waals surface area contributed by atoms with Crippen LogP contribution in [0.3, 0.4) is 0 Å². The van der Waals surface area contributed by atoms with E-state index in [-0.39, 0.29) is 0 Å². The van der Waals surface area contributed by atoms with E-state index in [4.69, 9.17) is 0 Å². The molecule has 1 aromatic heterocycles. The zero-order chi connectivity index (χ0) is 8.65. The van der Waals surface area contributed by atoms with Gasteiger partial charge in [0, 0.05) is 5.75 Å². The average molecular weight is 186 g/mol. The van der Waals surface area contributed by atoms with E-state index in [1.807, 2.05) is 7.05 Å². The molecule has 1 heterocycles. The molecule has 0 aromatic carbocycles. The third-order valence-corrected chi connectivity index (χ3v) is 2.42. The van der Waals surface area contributed by atoms with Crippen molar-refractivity contribution in [1.82, 2.24) is 20.5 Å². The number of hydrogen-bond acceptors (Lipinski definition) is 4. The van der Waals surface area contributed by atoms with E-state index in [0.29, 0.717) is 0 Å². The van der Waals surface area contributed by atoms with Crippen LogP contribution in [0.4, 0.5) is 0 Å². The lowest BCUT2D eigenvalue weighted by Gasteiger charge is -1.97. The number of nitrogens with zero attached hydrogens (tertiary/aromatic N) is 2. The molecule has 0 aliphatic heterocycles. The Bertz CT molecular complexity index is 187. The molecule has 0 saturated heterocycles. The van der Waals surface area contributed by atoms with Crippen LogP contribution in [0.5, 0.6) is 0 Å². The number of unbranched alkanes of at least 4 members (excludes halogenated alkanes) is 1. The quantitative estimate of drug-likeness (QED) is 0.512. The van der Waals surface area contributed by atoms with Crippen molar-refractivity contribution < 1.29 is 0 Å². The molecule has 0 bridgehead atoms. The molecule has 68 valence electrons. The van der Waals surface area contributed by atoms with E-state index < -0.39 is 0 Å². The highest BCUT2D eigenvalue weighted by Gasteiger charge is 1.94. The lowest BCUT2D eigenvalue weighted by atomic mass is 10.3. The lowest BCUT2D eigenvalue weighted by molar-refractivity contribution is 0.714. The van der Waals surface area contributed by atoms with Crippen molar-refractivity contribution in [3.05, 3.63) is 6.33 Å². The predicted molar refractivity (Wildman–Crippen MR) is 50.3 cm³/mol. The Kier molecular flexibility index (Phi) is 4.79. The molecule has 12 heavy (non-hydrogen) atoms. The summed E-state index contributed by atoms with van der Waals surface area (Å²) in [6.45, 7) is 1.09. The SMILES string of the molecule is CNCCCCSc1ncn[nH]1. The Balaban J connectivity index is 1.96.